The monoisotopic (exact) mass is 427 g/mol. The van der Waals surface area contributed by atoms with Gasteiger partial charge in [-0.2, -0.15) is 0 Å². The number of anilines is 1. The molecule has 0 radical (unpaired) electrons. The van der Waals surface area contributed by atoms with Crippen LogP contribution in [0.15, 0.2) is 59.7 Å². The van der Waals surface area contributed by atoms with Crippen molar-refractivity contribution in [3.8, 4) is 11.1 Å². The molecule has 4 aromatic rings. The molecule has 2 aromatic carbocycles. The summed E-state index contributed by atoms with van der Waals surface area (Å²) in [5.41, 5.74) is 1.37. The van der Waals surface area contributed by atoms with Crippen LogP contribution in [0.5, 0.6) is 0 Å². The van der Waals surface area contributed by atoms with Crippen LogP contribution in [-0.4, -0.2) is 15.5 Å². The Morgan fingerprint density at radius 2 is 2.00 bits per heavy atom. The molecule has 0 aliphatic rings. The quantitative estimate of drug-likeness (QED) is 0.505. The van der Waals surface area contributed by atoms with Crippen molar-refractivity contribution in [1.82, 2.24) is 9.55 Å². The first-order chi connectivity index (χ1) is 13.9. The van der Waals surface area contributed by atoms with Gasteiger partial charge in [-0.25, -0.2) is 9.37 Å². The molecule has 8 heteroatoms. The smallest absolute Gasteiger partial charge is 0.263 e. The van der Waals surface area contributed by atoms with Crippen LogP contribution in [0.3, 0.4) is 0 Å². The zero-order chi connectivity index (χ0) is 20.5. The van der Waals surface area contributed by atoms with Gasteiger partial charge < -0.3 is 5.32 Å². The summed E-state index contributed by atoms with van der Waals surface area (Å²) in [5, 5.41) is 3.21. The molecule has 0 aliphatic carbocycles. The maximum Gasteiger partial charge on any atom is 0.263 e. The van der Waals surface area contributed by atoms with Crippen LogP contribution in [0.2, 0.25) is 5.02 Å². The van der Waals surface area contributed by atoms with Crippen molar-refractivity contribution >= 4 is 44.7 Å². The van der Waals surface area contributed by atoms with Crippen molar-refractivity contribution in [2.45, 2.75) is 13.5 Å². The van der Waals surface area contributed by atoms with Gasteiger partial charge in [0, 0.05) is 15.5 Å². The van der Waals surface area contributed by atoms with E-state index in [9.17, 15) is 14.0 Å². The zero-order valence-electron chi connectivity index (χ0n) is 15.3. The lowest BCUT2D eigenvalue weighted by Crippen LogP contribution is -2.28. The highest BCUT2D eigenvalue weighted by atomic mass is 35.5. The van der Waals surface area contributed by atoms with Crippen molar-refractivity contribution in [1.29, 1.82) is 0 Å². The summed E-state index contributed by atoms with van der Waals surface area (Å²) >= 11 is 7.28. The van der Waals surface area contributed by atoms with E-state index in [-0.39, 0.29) is 17.8 Å². The van der Waals surface area contributed by atoms with Crippen LogP contribution in [-0.2, 0) is 11.3 Å². The molecule has 29 heavy (non-hydrogen) atoms. The first kappa shape index (κ1) is 19.3. The van der Waals surface area contributed by atoms with Gasteiger partial charge in [-0.1, -0.05) is 41.9 Å². The summed E-state index contributed by atoms with van der Waals surface area (Å²) in [6.07, 6.45) is 1.34. The highest BCUT2D eigenvalue weighted by Gasteiger charge is 2.18. The average molecular weight is 428 g/mol. The maximum atomic E-state index is 13.8. The summed E-state index contributed by atoms with van der Waals surface area (Å²) in [6, 6.07) is 13.4. The summed E-state index contributed by atoms with van der Waals surface area (Å²) < 4.78 is 15.1. The van der Waals surface area contributed by atoms with E-state index < -0.39 is 11.7 Å². The fraction of sp³-hybridized carbons (Fsp3) is 0.0952. The normalized spacial score (nSPS) is 11.0. The third-order valence-corrected chi connectivity index (χ3v) is 5.68. The van der Waals surface area contributed by atoms with Gasteiger partial charge in [0.1, 0.15) is 17.2 Å². The molecule has 4 rings (SSSR count). The van der Waals surface area contributed by atoms with Crippen molar-refractivity contribution in [3.63, 3.8) is 0 Å². The lowest BCUT2D eigenvalue weighted by molar-refractivity contribution is -0.116. The SMILES string of the molecule is Cc1sc2ncn(CC(=O)Nc3cc(Cl)ccc3F)c(=O)c2c1-c1ccccc1. The van der Waals surface area contributed by atoms with Gasteiger partial charge in [0.25, 0.3) is 5.56 Å². The molecule has 2 heterocycles. The van der Waals surface area contributed by atoms with Crippen LogP contribution in [0, 0.1) is 12.7 Å². The number of nitrogens with one attached hydrogen (secondary N) is 1. The van der Waals surface area contributed by atoms with Gasteiger partial charge >= 0.3 is 0 Å². The molecule has 0 unspecified atom stereocenters. The van der Waals surface area contributed by atoms with Crippen LogP contribution in [0.25, 0.3) is 21.3 Å². The molecule has 0 aliphatic heterocycles. The van der Waals surface area contributed by atoms with E-state index in [1.807, 2.05) is 37.3 Å². The summed E-state index contributed by atoms with van der Waals surface area (Å²) in [6.45, 7) is 1.64. The van der Waals surface area contributed by atoms with Gasteiger partial charge in [-0.05, 0) is 30.7 Å². The molecule has 146 valence electrons. The predicted molar refractivity (Wildman–Crippen MR) is 114 cm³/mol. The van der Waals surface area contributed by atoms with Crippen LogP contribution >= 0.6 is 22.9 Å². The fourth-order valence-electron chi connectivity index (χ4n) is 3.14. The topological polar surface area (TPSA) is 64.0 Å². The van der Waals surface area contributed by atoms with Crippen LogP contribution < -0.4 is 10.9 Å². The summed E-state index contributed by atoms with van der Waals surface area (Å²) in [5.74, 6) is -1.16. The third-order valence-electron chi connectivity index (χ3n) is 4.43. The van der Waals surface area contributed by atoms with Crippen molar-refractivity contribution in [2.24, 2.45) is 0 Å². The summed E-state index contributed by atoms with van der Waals surface area (Å²) in [7, 11) is 0. The van der Waals surface area contributed by atoms with Gasteiger partial charge in [-0.3, -0.25) is 14.2 Å². The highest BCUT2D eigenvalue weighted by Crippen LogP contribution is 2.35. The standard InChI is InChI=1S/C21H15ClFN3O2S/c1-12-18(13-5-3-2-4-6-13)19-20(29-12)24-11-26(21(19)28)10-17(27)25-16-9-14(22)7-8-15(16)23/h2-9,11H,10H2,1H3,(H,25,27). The zero-order valence-corrected chi connectivity index (χ0v) is 16.9. The van der Waals surface area contributed by atoms with Gasteiger partial charge in [-0.15, -0.1) is 11.3 Å². The molecule has 2 aromatic heterocycles. The largest absolute Gasteiger partial charge is 0.322 e. The minimum atomic E-state index is -0.608. The lowest BCUT2D eigenvalue weighted by Gasteiger charge is -2.09. The third kappa shape index (κ3) is 3.79. The van der Waals surface area contributed by atoms with E-state index in [0.717, 1.165) is 22.1 Å². The van der Waals surface area contributed by atoms with Crippen LogP contribution in [0.4, 0.5) is 10.1 Å². The van der Waals surface area contributed by atoms with Gasteiger partial charge in [0.2, 0.25) is 5.91 Å². The number of carbonyl (C=O) groups excluding carboxylic acids is 1. The molecular weight excluding hydrogens is 413 g/mol. The fourth-order valence-corrected chi connectivity index (χ4v) is 4.32. The Labute approximate surface area is 174 Å². The number of hydrogen-bond acceptors (Lipinski definition) is 4. The second kappa shape index (κ2) is 7.77. The number of halogens is 2. The number of benzene rings is 2. The first-order valence-electron chi connectivity index (χ1n) is 8.73. The highest BCUT2D eigenvalue weighted by molar-refractivity contribution is 7.19. The molecule has 0 saturated carbocycles. The number of nitrogens with zero attached hydrogens (tertiary/aromatic N) is 2. The molecule has 0 atom stereocenters. The number of hydrogen-bond donors (Lipinski definition) is 1. The van der Waals surface area contributed by atoms with Crippen LogP contribution in [0.1, 0.15) is 4.88 Å². The molecule has 0 bridgehead atoms. The Bertz CT molecular complexity index is 1280. The number of carbonyl (C=O) groups is 1. The van der Waals surface area contributed by atoms with Gasteiger partial charge in [0.05, 0.1) is 17.4 Å². The molecular formula is C21H15ClFN3O2S. The number of rotatable bonds is 4. The molecule has 0 spiro atoms. The Hall–Kier alpha value is -3.03. The van der Waals surface area contributed by atoms with Crippen molar-refractivity contribution in [3.05, 3.63) is 80.9 Å². The Kier molecular flexibility index (Phi) is 5.17. The predicted octanol–water partition coefficient (Wildman–Crippen LogP) is 4.86. The maximum absolute atomic E-state index is 13.8. The second-order valence-corrected chi connectivity index (χ2v) is 8.07. The van der Waals surface area contributed by atoms with Gasteiger partial charge in [0.15, 0.2) is 0 Å². The average Bonchev–Trinajstić information content (AvgIpc) is 3.04. The van der Waals surface area contributed by atoms with E-state index >= 15 is 0 Å². The van der Waals surface area contributed by atoms with E-state index in [1.54, 1.807) is 0 Å². The number of aryl methyl sites for hydroxylation is 1. The molecule has 1 N–H and O–H groups in total. The van der Waals surface area contributed by atoms with Crippen molar-refractivity contribution in [2.75, 3.05) is 5.32 Å². The molecule has 1 amide bonds. The molecule has 0 fully saturated rings. The van der Waals surface area contributed by atoms with E-state index in [4.69, 9.17) is 11.6 Å². The molecule has 0 saturated heterocycles. The minimum absolute atomic E-state index is 0.0408. The van der Waals surface area contributed by atoms with E-state index in [0.29, 0.717) is 15.2 Å². The van der Waals surface area contributed by atoms with E-state index in [2.05, 4.69) is 10.3 Å². The first-order valence-corrected chi connectivity index (χ1v) is 9.92. The van der Waals surface area contributed by atoms with E-state index in [1.165, 1.54) is 34.4 Å². The number of thiophene rings is 1. The Morgan fingerprint density at radius 3 is 2.76 bits per heavy atom. The summed E-state index contributed by atoms with van der Waals surface area (Å²) in [4.78, 5) is 31.4. The Morgan fingerprint density at radius 1 is 1.24 bits per heavy atom. The lowest BCUT2D eigenvalue weighted by atomic mass is 10.0. The van der Waals surface area contributed by atoms with Crippen molar-refractivity contribution < 1.29 is 9.18 Å². The number of amides is 1. The molecule has 5 nitrogen and oxygen atoms in total. The Balaban J connectivity index is 1.70. The second-order valence-electron chi connectivity index (χ2n) is 6.43. The minimum Gasteiger partial charge on any atom is -0.322 e. The number of fused-ring (bicyclic) bond motifs is 1. The number of aromatic nitrogens is 2.